The van der Waals surface area contributed by atoms with Crippen molar-refractivity contribution in [2.45, 2.75) is 89.9 Å². The molecule has 4 nitrogen and oxygen atoms in total. The second-order valence-corrected chi connectivity index (χ2v) is 7.31. The van der Waals surface area contributed by atoms with Gasteiger partial charge in [-0.2, -0.15) is 0 Å². The summed E-state index contributed by atoms with van der Waals surface area (Å²) in [4.78, 5) is 12.7. The van der Waals surface area contributed by atoms with Gasteiger partial charge in [-0.1, -0.05) is 51.7 Å². The molecule has 0 bridgehead atoms. The van der Waals surface area contributed by atoms with Crippen LogP contribution in [0.25, 0.3) is 0 Å². The number of esters is 1. The maximum Gasteiger partial charge on any atom is 0.317 e. The summed E-state index contributed by atoms with van der Waals surface area (Å²) in [5, 5.41) is 0. The van der Waals surface area contributed by atoms with Crippen LogP contribution in [0.4, 0.5) is 0 Å². The summed E-state index contributed by atoms with van der Waals surface area (Å²) in [6.07, 6.45) is 12.3. The van der Waals surface area contributed by atoms with Crippen molar-refractivity contribution in [1.29, 1.82) is 0 Å². The zero-order valence-electron chi connectivity index (χ0n) is 15.5. The van der Waals surface area contributed by atoms with Crippen molar-refractivity contribution in [3.05, 3.63) is 12.7 Å². The quantitative estimate of drug-likeness (QED) is 0.309. The van der Waals surface area contributed by atoms with E-state index in [-0.39, 0.29) is 18.7 Å². The molecule has 0 aromatic heterocycles. The van der Waals surface area contributed by atoms with Gasteiger partial charge >= 0.3 is 5.97 Å². The number of hydrogen-bond acceptors (Lipinski definition) is 4. The number of unbranched alkanes of at least 4 members (excludes halogenated alkanes) is 4. The third kappa shape index (κ3) is 4.02. The van der Waals surface area contributed by atoms with E-state index < -0.39 is 11.2 Å². The molecule has 1 aliphatic carbocycles. The Hall–Kier alpha value is -0.870. The van der Waals surface area contributed by atoms with Crippen LogP contribution in [-0.4, -0.2) is 31.1 Å². The first kappa shape index (κ1) is 19.5. The number of fused-ring (bicyclic) bond motifs is 1. The molecule has 24 heavy (non-hydrogen) atoms. The Labute approximate surface area is 146 Å². The van der Waals surface area contributed by atoms with Crippen LogP contribution in [0, 0.1) is 5.41 Å². The van der Waals surface area contributed by atoms with Crippen molar-refractivity contribution < 1.29 is 19.0 Å². The highest BCUT2D eigenvalue weighted by atomic mass is 16.7. The molecule has 0 aromatic carbocycles. The molecule has 0 N–H and O–H groups in total. The molecule has 1 aliphatic heterocycles. The Morgan fingerprint density at radius 3 is 2.79 bits per heavy atom. The second-order valence-electron chi connectivity index (χ2n) is 7.31. The van der Waals surface area contributed by atoms with Crippen molar-refractivity contribution >= 4 is 5.97 Å². The number of rotatable bonds is 11. The van der Waals surface area contributed by atoms with Gasteiger partial charge in [-0.25, -0.2) is 0 Å². The lowest BCUT2D eigenvalue weighted by molar-refractivity contribution is -0.267. The van der Waals surface area contributed by atoms with Crippen LogP contribution < -0.4 is 0 Å². The molecule has 1 heterocycles. The predicted octanol–water partition coefficient (Wildman–Crippen LogP) is 4.77. The van der Waals surface area contributed by atoms with Crippen molar-refractivity contribution in [2.24, 2.45) is 5.41 Å². The number of carbonyl (C=O) groups is 1. The van der Waals surface area contributed by atoms with Crippen LogP contribution in [0.5, 0.6) is 0 Å². The fourth-order valence-electron chi connectivity index (χ4n) is 4.23. The highest BCUT2D eigenvalue weighted by Gasteiger charge is 2.66. The van der Waals surface area contributed by atoms with E-state index in [0.29, 0.717) is 13.0 Å². The normalized spacial score (nSPS) is 30.1. The molecule has 0 radical (unpaired) electrons. The highest BCUT2D eigenvalue weighted by Crippen LogP contribution is 2.57. The van der Waals surface area contributed by atoms with Gasteiger partial charge in [0.1, 0.15) is 12.0 Å². The molecule has 1 saturated carbocycles. The first-order valence-electron chi connectivity index (χ1n) is 9.70. The van der Waals surface area contributed by atoms with Gasteiger partial charge in [0, 0.05) is 6.42 Å². The predicted molar refractivity (Wildman–Crippen MR) is 94.7 cm³/mol. The van der Waals surface area contributed by atoms with Gasteiger partial charge in [0.05, 0.1) is 12.7 Å². The van der Waals surface area contributed by atoms with E-state index in [2.05, 4.69) is 20.4 Å². The molecule has 0 spiro atoms. The Morgan fingerprint density at radius 1 is 1.25 bits per heavy atom. The molecule has 4 heteroatoms. The molecule has 0 aromatic rings. The minimum Gasteiger partial charge on any atom is -0.461 e. The molecule has 2 fully saturated rings. The van der Waals surface area contributed by atoms with E-state index in [1.165, 1.54) is 32.1 Å². The maximum absolute atomic E-state index is 12.7. The van der Waals surface area contributed by atoms with Crippen molar-refractivity contribution in [3.63, 3.8) is 0 Å². The zero-order chi connectivity index (χ0) is 17.5. The standard InChI is InChI=1S/C20H34O4/c1-4-6-7-8-9-11-17(3)24-20-13-10-12-19(20,14-16-23-20)18(21)22-15-5-2/h5,17H,2,4,6-16H2,1,3H3. The van der Waals surface area contributed by atoms with E-state index in [4.69, 9.17) is 14.2 Å². The lowest BCUT2D eigenvalue weighted by atomic mass is 9.80. The zero-order valence-corrected chi connectivity index (χ0v) is 15.5. The molecule has 1 saturated heterocycles. The SMILES string of the molecule is C=CCOC(=O)C12CCCC1(OC(C)CCCCCCC)OCC2. The van der Waals surface area contributed by atoms with Gasteiger partial charge in [0.25, 0.3) is 0 Å². The van der Waals surface area contributed by atoms with E-state index in [9.17, 15) is 4.79 Å². The van der Waals surface area contributed by atoms with Gasteiger partial charge in [-0.3, -0.25) is 4.79 Å². The van der Waals surface area contributed by atoms with E-state index >= 15 is 0 Å². The molecule has 0 amide bonds. The first-order valence-corrected chi connectivity index (χ1v) is 9.70. The Balaban J connectivity index is 1.93. The summed E-state index contributed by atoms with van der Waals surface area (Å²) >= 11 is 0. The number of carbonyl (C=O) groups excluding carboxylic acids is 1. The number of ether oxygens (including phenoxy) is 3. The molecule has 138 valence electrons. The van der Waals surface area contributed by atoms with Gasteiger partial charge in [0.2, 0.25) is 0 Å². The van der Waals surface area contributed by atoms with Crippen LogP contribution in [0.3, 0.4) is 0 Å². The summed E-state index contributed by atoms with van der Waals surface area (Å²) in [5.74, 6) is -0.943. The third-order valence-corrected chi connectivity index (χ3v) is 5.53. The summed E-state index contributed by atoms with van der Waals surface area (Å²) < 4.78 is 17.8. The fraction of sp³-hybridized carbons (Fsp3) is 0.850. The van der Waals surface area contributed by atoms with Gasteiger partial charge < -0.3 is 14.2 Å². The molecule has 3 unspecified atom stereocenters. The van der Waals surface area contributed by atoms with Crippen molar-refractivity contribution in [2.75, 3.05) is 13.2 Å². The monoisotopic (exact) mass is 338 g/mol. The van der Waals surface area contributed by atoms with Crippen molar-refractivity contribution in [1.82, 2.24) is 0 Å². The largest absolute Gasteiger partial charge is 0.461 e. The minimum absolute atomic E-state index is 0.106. The van der Waals surface area contributed by atoms with Gasteiger partial charge in [0.15, 0.2) is 5.79 Å². The first-order chi connectivity index (χ1) is 11.6. The second kappa shape index (κ2) is 9.00. The minimum atomic E-state index is -0.770. The van der Waals surface area contributed by atoms with E-state index in [0.717, 1.165) is 25.7 Å². The van der Waals surface area contributed by atoms with E-state index in [1.807, 2.05) is 0 Å². The van der Waals surface area contributed by atoms with Crippen molar-refractivity contribution in [3.8, 4) is 0 Å². The summed E-state index contributed by atoms with van der Waals surface area (Å²) in [6, 6.07) is 0. The highest BCUT2D eigenvalue weighted by molar-refractivity contribution is 5.79. The van der Waals surface area contributed by atoms with Crippen LogP contribution in [0.15, 0.2) is 12.7 Å². The molecule has 3 atom stereocenters. The van der Waals surface area contributed by atoms with Gasteiger partial charge in [-0.15, -0.1) is 0 Å². The van der Waals surface area contributed by atoms with Crippen LogP contribution in [0.2, 0.25) is 0 Å². The molecule has 2 rings (SSSR count). The number of hydrogen-bond donors (Lipinski definition) is 0. The summed E-state index contributed by atoms with van der Waals surface area (Å²) in [6.45, 7) is 8.79. The third-order valence-electron chi connectivity index (χ3n) is 5.53. The average molecular weight is 338 g/mol. The smallest absolute Gasteiger partial charge is 0.317 e. The molecular weight excluding hydrogens is 304 g/mol. The fourth-order valence-corrected chi connectivity index (χ4v) is 4.23. The van der Waals surface area contributed by atoms with Crippen LogP contribution in [-0.2, 0) is 19.0 Å². The van der Waals surface area contributed by atoms with Crippen LogP contribution in [0.1, 0.15) is 78.1 Å². The topological polar surface area (TPSA) is 44.8 Å². The molecule has 2 aliphatic rings. The summed E-state index contributed by atoms with van der Waals surface area (Å²) in [5.41, 5.74) is -0.619. The average Bonchev–Trinajstić information content (AvgIpc) is 3.07. The molecular formula is C20H34O4. The Bertz CT molecular complexity index is 408. The lowest BCUT2D eigenvalue weighted by Crippen LogP contribution is -2.50. The van der Waals surface area contributed by atoms with Gasteiger partial charge in [-0.05, 0) is 32.6 Å². The maximum atomic E-state index is 12.7. The Morgan fingerprint density at radius 2 is 2.04 bits per heavy atom. The van der Waals surface area contributed by atoms with Crippen LogP contribution >= 0.6 is 0 Å². The summed E-state index contributed by atoms with van der Waals surface area (Å²) in [7, 11) is 0. The Kier molecular flexibility index (Phi) is 7.30. The lowest BCUT2D eigenvalue weighted by Gasteiger charge is -2.38. The van der Waals surface area contributed by atoms with E-state index in [1.54, 1.807) is 6.08 Å².